The van der Waals surface area contributed by atoms with Crippen molar-refractivity contribution in [3.63, 3.8) is 0 Å². The van der Waals surface area contributed by atoms with Gasteiger partial charge in [0.1, 0.15) is 5.60 Å². The van der Waals surface area contributed by atoms with Crippen LogP contribution >= 0.6 is 11.6 Å². The number of fused-ring (bicyclic) bond motifs is 5. The lowest BCUT2D eigenvalue weighted by atomic mass is 9.46. The van der Waals surface area contributed by atoms with E-state index in [1.165, 1.54) is 0 Å². The topological polar surface area (TPSA) is 74.6 Å². The molecule has 0 saturated heterocycles. The Kier molecular flexibility index (Phi) is 5.27. The normalized spacial score (nSPS) is 49.4. The third-order valence-corrected chi connectivity index (χ3v) is 8.87. The number of aliphatic hydroxyl groups is 2. The Labute approximate surface area is 173 Å². The van der Waals surface area contributed by atoms with E-state index in [4.69, 9.17) is 11.6 Å². The zero-order valence-corrected chi connectivity index (χ0v) is 17.0. The number of hydrogen-bond donors (Lipinski definition) is 2. The molecule has 0 bridgehead atoms. The van der Waals surface area contributed by atoms with Gasteiger partial charge in [-0.2, -0.15) is 0 Å². The van der Waals surface area contributed by atoms with Crippen LogP contribution in [0.25, 0.3) is 0 Å². The number of aliphatic hydroxyl groups excluding tert-OH is 1. The molecule has 0 aromatic heterocycles. The van der Waals surface area contributed by atoms with Crippen LogP contribution in [0.5, 0.6) is 0 Å². The van der Waals surface area contributed by atoms with Gasteiger partial charge in [-0.05, 0) is 55.6 Å². The third kappa shape index (κ3) is 2.50. The quantitative estimate of drug-likeness (QED) is 0.683. The summed E-state index contributed by atoms with van der Waals surface area (Å²) in [6.07, 6.45) is 7.54. The van der Waals surface area contributed by atoms with Crippen LogP contribution in [0.4, 0.5) is 0 Å². The van der Waals surface area contributed by atoms with Gasteiger partial charge in [0.15, 0.2) is 11.6 Å². The zero-order chi connectivity index (χ0) is 19.8. The van der Waals surface area contributed by atoms with E-state index in [9.17, 15) is 19.8 Å². The zero-order valence-electron chi connectivity index (χ0n) is 16.2. The molecule has 0 aromatic carbocycles. The predicted octanol–water partition coefficient (Wildman–Crippen LogP) is 3.69. The highest BCUT2D eigenvalue weighted by Crippen LogP contribution is 2.68. The number of halogens is 1. The molecule has 5 heteroatoms. The summed E-state index contributed by atoms with van der Waals surface area (Å²) in [5.74, 6) is -0.326. The Bertz CT molecular complexity index is 758. The minimum atomic E-state index is -1.49. The van der Waals surface area contributed by atoms with Gasteiger partial charge in [0.25, 0.3) is 0 Å². The molecule has 2 N–H and O–H groups in total. The molecule has 3 fully saturated rings. The molecule has 4 aliphatic rings. The number of hydrogen-bond acceptors (Lipinski definition) is 4. The SMILES string of the molecule is C.C[C@@H]1CC2C3CCC4=CC(=O)C=C[C@]4(C)C3[C@H](O)C[C@]2(C)[C@@]1(O)C(=O)CCl. The van der Waals surface area contributed by atoms with Crippen LogP contribution in [0.15, 0.2) is 23.8 Å². The second kappa shape index (κ2) is 6.78. The van der Waals surface area contributed by atoms with E-state index in [1.807, 2.05) is 19.9 Å². The lowest BCUT2D eigenvalue weighted by Crippen LogP contribution is -2.62. The summed E-state index contributed by atoms with van der Waals surface area (Å²) in [6.45, 7) is 6.03. The smallest absolute Gasteiger partial charge is 0.179 e. The highest BCUT2D eigenvalue weighted by Gasteiger charge is 2.70. The molecule has 156 valence electrons. The molecule has 3 unspecified atom stereocenters. The highest BCUT2D eigenvalue weighted by atomic mass is 35.5. The van der Waals surface area contributed by atoms with Gasteiger partial charge in [0, 0.05) is 16.7 Å². The molecule has 0 amide bonds. The van der Waals surface area contributed by atoms with Crippen LogP contribution in [-0.2, 0) is 9.59 Å². The molecule has 0 spiro atoms. The molecule has 4 rings (SSSR count). The number of allylic oxidation sites excluding steroid dienone is 4. The molecule has 4 nitrogen and oxygen atoms in total. The number of carbonyl (C=O) groups excluding carboxylic acids is 2. The van der Waals surface area contributed by atoms with Crippen molar-refractivity contribution < 1.29 is 19.8 Å². The van der Waals surface area contributed by atoms with Crippen LogP contribution in [-0.4, -0.2) is 39.4 Å². The minimum absolute atomic E-state index is 0. The van der Waals surface area contributed by atoms with Gasteiger partial charge in [-0.3, -0.25) is 9.59 Å². The van der Waals surface area contributed by atoms with Crippen molar-refractivity contribution >= 4 is 23.2 Å². The average Bonchev–Trinajstić information content (AvgIpc) is 2.82. The van der Waals surface area contributed by atoms with Crippen molar-refractivity contribution in [2.24, 2.45) is 34.5 Å². The van der Waals surface area contributed by atoms with Crippen LogP contribution in [0.1, 0.15) is 53.9 Å². The van der Waals surface area contributed by atoms with E-state index in [1.54, 1.807) is 12.2 Å². The summed E-state index contributed by atoms with van der Waals surface area (Å²) in [5.41, 5.74) is -1.39. The maximum absolute atomic E-state index is 12.7. The van der Waals surface area contributed by atoms with E-state index >= 15 is 0 Å². The number of carbonyl (C=O) groups is 2. The number of Topliss-reactive ketones (excluding diaryl/α,β-unsaturated/α-hetero) is 1. The maximum Gasteiger partial charge on any atom is 0.179 e. The second-order valence-corrected chi connectivity index (χ2v) is 9.94. The monoisotopic (exact) mass is 408 g/mol. The first-order valence-electron chi connectivity index (χ1n) is 10.0. The van der Waals surface area contributed by atoms with E-state index in [2.05, 4.69) is 6.92 Å². The summed E-state index contributed by atoms with van der Waals surface area (Å²) in [6, 6.07) is 0. The number of alkyl halides is 1. The Morgan fingerprint density at radius 3 is 2.68 bits per heavy atom. The largest absolute Gasteiger partial charge is 0.393 e. The van der Waals surface area contributed by atoms with Crippen molar-refractivity contribution in [3.05, 3.63) is 23.8 Å². The van der Waals surface area contributed by atoms with Crippen LogP contribution in [0.3, 0.4) is 0 Å². The van der Waals surface area contributed by atoms with Gasteiger partial charge in [0.2, 0.25) is 0 Å². The fraction of sp³-hybridized carbons (Fsp3) is 0.739. The van der Waals surface area contributed by atoms with Gasteiger partial charge >= 0.3 is 0 Å². The first kappa shape index (κ1) is 21.7. The average molecular weight is 409 g/mol. The van der Waals surface area contributed by atoms with Crippen molar-refractivity contribution in [1.82, 2.24) is 0 Å². The van der Waals surface area contributed by atoms with Crippen LogP contribution in [0.2, 0.25) is 0 Å². The molecule has 0 radical (unpaired) electrons. The summed E-state index contributed by atoms with van der Waals surface area (Å²) >= 11 is 5.86. The minimum Gasteiger partial charge on any atom is -0.393 e. The third-order valence-electron chi connectivity index (χ3n) is 8.62. The second-order valence-electron chi connectivity index (χ2n) is 9.67. The van der Waals surface area contributed by atoms with E-state index in [-0.39, 0.29) is 54.0 Å². The lowest BCUT2D eigenvalue weighted by molar-refractivity contribution is -0.179. The first-order chi connectivity index (χ1) is 12.6. The van der Waals surface area contributed by atoms with E-state index in [0.29, 0.717) is 6.42 Å². The molecule has 28 heavy (non-hydrogen) atoms. The molecular formula is C23H33ClO4. The predicted molar refractivity (Wildman–Crippen MR) is 110 cm³/mol. The Morgan fingerprint density at radius 2 is 2.04 bits per heavy atom. The van der Waals surface area contributed by atoms with Gasteiger partial charge in [-0.25, -0.2) is 0 Å². The van der Waals surface area contributed by atoms with Gasteiger partial charge in [-0.1, -0.05) is 39.8 Å². The van der Waals surface area contributed by atoms with Gasteiger partial charge in [-0.15, -0.1) is 11.6 Å². The molecule has 8 atom stereocenters. The molecule has 0 heterocycles. The fourth-order valence-corrected chi connectivity index (χ4v) is 7.56. The molecule has 0 aliphatic heterocycles. The number of ketones is 2. The summed E-state index contributed by atoms with van der Waals surface area (Å²) in [5, 5.41) is 22.8. The summed E-state index contributed by atoms with van der Waals surface area (Å²) in [7, 11) is 0. The van der Waals surface area contributed by atoms with Gasteiger partial charge in [0.05, 0.1) is 12.0 Å². The fourth-order valence-electron chi connectivity index (χ4n) is 7.36. The van der Waals surface area contributed by atoms with E-state index in [0.717, 1.165) is 24.8 Å². The number of rotatable bonds is 2. The van der Waals surface area contributed by atoms with Gasteiger partial charge < -0.3 is 10.2 Å². The Hall–Kier alpha value is -0.970. The maximum atomic E-state index is 12.7. The molecule has 3 saturated carbocycles. The standard InChI is InChI=1S/C22H29ClO4.CH4/c1-12-8-16-15-5-4-13-9-14(24)6-7-20(13,2)19(15)17(25)10-21(16,3)22(12,27)18(26)11-23;/h6-7,9,12,15-17,19,25,27H,4-5,8,10-11H2,1-3H3;1H4/t12-,15?,16?,17-,19?,20+,21+,22+;/m1./s1. The summed E-state index contributed by atoms with van der Waals surface area (Å²) < 4.78 is 0. The van der Waals surface area contributed by atoms with Crippen molar-refractivity contribution in [2.75, 3.05) is 5.88 Å². The van der Waals surface area contributed by atoms with Crippen molar-refractivity contribution in [1.29, 1.82) is 0 Å². The molecular weight excluding hydrogens is 376 g/mol. The highest BCUT2D eigenvalue weighted by molar-refractivity contribution is 6.29. The van der Waals surface area contributed by atoms with Crippen molar-refractivity contribution in [3.8, 4) is 0 Å². The summed E-state index contributed by atoms with van der Waals surface area (Å²) in [4.78, 5) is 24.5. The first-order valence-corrected chi connectivity index (χ1v) is 10.6. The van der Waals surface area contributed by atoms with Crippen molar-refractivity contribution in [2.45, 2.75) is 65.6 Å². The lowest BCUT2D eigenvalue weighted by Gasteiger charge is -2.59. The molecule has 0 aromatic rings. The Balaban J connectivity index is 0.00000225. The van der Waals surface area contributed by atoms with Crippen LogP contribution in [0, 0.1) is 34.5 Å². The van der Waals surface area contributed by atoms with Crippen LogP contribution < -0.4 is 0 Å². The van der Waals surface area contributed by atoms with E-state index < -0.39 is 17.1 Å². The molecule has 4 aliphatic carbocycles. The Morgan fingerprint density at radius 1 is 1.36 bits per heavy atom.